The van der Waals surface area contributed by atoms with E-state index in [-0.39, 0.29) is 0 Å². The summed E-state index contributed by atoms with van der Waals surface area (Å²) in [5.74, 6) is 0. The highest BCUT2D eigenvalue weighted by Gasteiger charge is 2.14. The van der Waals surface area contributed by atoms with Crippen LogP contribution >= 0.6 is 0 Å². The first-order valence-electron chi connectivity index (χ1n) is 6.03. The average molecular weight is 238 g/mol. The summed E-state index contributed by atoms with van der Waals surface area (Å²) in [4.78, 5) is 8.56. The quantitative estimate of drug-likeness (QED) is 0.689. The highest BCUT2D eigenvalue weighted by atomic mass is 15.3. The van der Waals surface area contributed by atoms with Gasteiger partial charge >= 0.3 is 0 Å². The Hall–Kier alpha value is -2.23. The van der Waals surface area contributed by atoms with E-state index >= 15 is 0 Å². The monoisotopic (exact) mass is 238 g/mol. The predicted octanol–water partition coefficient (Wildman–Crippen LogP) is 2.82. The van der Waals surface area contributed by atoms with Gasteiger partial charge in [0.25, 0.3) is 0 Å². The second-order valence-electron chi connectivity index (χ2n) is 4.19. The van der Waals surface area contributed by atoms with Crippen molar-refractivity contribution in [1.29, 1.82) is 0 Å². The van der Waals surface area contributed by atoms with E-state index in [1.165, 1.54) is 0 Å². The van der Waals surface area contributed by atoms with Crippen molar-refractivity contribution in [2.24, 2.45) is 0 Å². The second kappa shape index (κ2) is 4.22. The van der Waals surface area contributed by atoms with E-state index in [0.29, 0.717) is 0 Å². The number of hydrogen-bond donors (Lipinski definition) is 0. The molecule has 0 aliphatic heterocycles. The van der Waals surface area contributed by atoms with Crippen molar-refractivity contribution in [2.75, 3.05) is 0 Å². The summed E-state index contributed by atoms with van der Waals surface area (Å²) < 4.78 is 2.01. The van der Waals surface area contributed by atoms with Gasteiger partial charge in [0.2, 0.25) is 0 Å². The first kappa shape index (κ1) is 10.9. The van der Waals surface area contributed by atoms with Crippen LogP contribution in [-0.2, 0) is 6.54 Å². The van der Waals surface area contributed by atoms with Crippen molar-refractivity contribution in [3.05, 3.63) is 42.5 Å². The van der Waals surface area contributed by atoms with Crippen molar-refractivity contribution in [3.63, 3.8) is 0 Å². The summed E-state index contributed by atoms with van der Waals surface area (Å²) in [6, 6.07) is 5.98. The zero-order chi connectivity index (χ0) is 12.5. The molecule has 0 aliphatic carbocycles. The zero-order valence-electron chi connectivity index (χ0n) is 10.5. The first-order valence-corrected chi connectivity index (χ1v) is 6.03. The van der Waals surface area contributed by atoms with Crippen molar-refractivity contribution in [2.45, 2.75) is 20.4 Å². The molecule has 0 fully saturated rings. The molecule has 3 rings (SSSR count). The van der Waals surface area contributed by atoms with Gasteiger partial charge in [-0.2, -0.15) is 5.10 Å². The van der Waals surface area contributed by atoms with E-state index in [1.54, 1.807) is 6.20 Å². The summed E-state index contributed by atoms with van der Waals surface area (Å²) in [7, 11) is 0. The van der Waals surface area contributed by atoms with E-state index in [9.17, 15) is 0 Å². The van der Waals surface area contributed by atoms with Gasteiger partial charge in [-0.3, -0.25) is 14.6 Å². The predicted molar refractivity (Wildman–Crippen MR) is 71.2 cm³/mol. The van der Waals surface area contributed by atoms with Crippen molar-refractivity contribution < 1.29 is 0 Å². The van der Waals surface area contributed by atoms with Crippen molar-refractivity contribution >= 4 is 10.9 Å². The molecule has 0 N–H and O–H groups in total. The van der Waals surface area contributed by atoms with E-state index in [1.807, 2.05) is 36.1 Å². The van der Waals surface area contributed by atoms with Crippen LogP contribution in [0.1, 0.15) is 12.6 Å². The molecule has 18 heavy (non-hydrogen) atoms. The molecule has 4 nitrogen and oxygen atoms in total. The topological polar surface area (TPSA) is 43.6 Å². The normalized spacial score (nSPS) is 11.0. The molecule has 0 spiro atoms. The van der Waals surface area contributed by atoms with Crippen molar-refractivity contribution in [1.82, 2.24) is 19.7 Å². The summed E-state index contributed by atoms with van der Waals surface area (Å²) in [6.07, 6.45) is 5.46. The fourth-order valence-corrected chi connectivity index (χ4v) is 2.22. The molecule has 0 unspecified atom stereocenters. The Kier molecular flexibility index (Phi) is 2.55. The van der Waals surface area contributed by atoms with Gasteiger partial charge < -0.3 is 0 Å². The maximum absolute atomic E-state index is 4.60. The van der Waals surface area contributed by atoms with Crippen molar-refractivity contribution in [3.8, 4) is 11.3 Å². The second-order valence-corrected chi connectivity index (χ2v) is 4.19. The van der Waals surface area contributed by atoms with Gasteiger partial charge in [-0.05, 0) is 32.0 Å². The van der Waals surface area contributed by atoms with Crippen LogP contribution in [0, 0.1) is 6.92 Å². The van der Waals surface area contributed by atoms with Crippen LogP contribution < -0.4 is 0 Å². The van der Waals surface area contributed by atoms with Gasteiger partial charge in [0, 0.05) is 41.8 Å². The third-order valence-electron chi connectivity index (χ3n) is 3.10. The number of aromatic nitrogens is 4. The molecule has 3 heterocycles. The van der Waals surface area contributed by atoms with Crippen LogP contribution in [0.4, 0.5) is 0 Å². The molecular formula is C14H14N4. The van der Waals surface area contributed by atoms with Gasteiger partial charge in [0.15, 0.2) is 0 Å². The Morgan fingerprint density at radius 3 is 2.89 bits per heavy atom. The van der Waals surface area contributed by atoms with Gasteiger partial charge in [-0.15, -0.1) is 0 Å². The maximum atomic E-state index is 4.60. The van der Waals surface area contributed by atoms with Crippen LogP contribution in [0.2, 0.25) is 0 Å². The van der Waals surface area contributed by atoms with Gasteiger partial charge in [-0.25, -0.2) is 0 Å². The fraction of sp³-hybridized carbons (Fsp3) is 0.214. The van der Waals surface area contributed by atoms with Gasteiger partial charge in [0.1, 0.15) is 0 Å². The Balaban J connectivity index is 2.37. The number of aryl methyl sites for hydroxylation is 2. The minimum Gasteiger partial charge on any atom is -0.264 e. The molecule has 0 aliphatic rings. The van der Waals surface area contributed by atoms with E-state index in [4.69, 9.17) is 0 Å². The minimum absolute atomic E-state index is 0.832. The molecule has 0 aromatic carbocycles. The average Bonchev–Trinajstić information content (AvgIpc) is 2.78. The summed E-state index contributed by atoms with van der Waals surface area (Å²) >= 11 is 0. The maximum Gasteiger partial charge on any atom is 0.0960 e. The van der Waals surface area contributed by atoms with E-state index < -0.39 is 0 Å². The number of pyridine rings is 2. The third-order valence-corrected chi connectivity index (χ3v) is 3.10. The molecule has 90 valence electrons. The SMILES string of the molecule is CCn1nc2ccncc2c1-c1cccnc1C. The molecule has 0 amide bonds. The fourth-order valence-electron chi connectivity index (χ4n) is 2.22. The molecule has 3 aromatic rings. The molecule has 4 heteroatoms. The molecule has 0 bridgehead atoms. The lowest BCUT2D eigenvalue weighted by Crippen LogP contribution is -2.00. The molecule has 0 saturated carbocycles. The van der Waals surface area contributed by atoms with E-state index in [2.05, 4.69) is 28.1 Å². The molecular weight excluding hydrogens is 224 g/mol. The molecule has 3 aromatic heterocycles. The van der Waals surface area contributed by atoms with Gasteiger partial charge in [0.05, 0.1) is 11.2 Å². The smallest absolute Gasteiger partial charge is 0.0960 e. The molecule has 0 saturated heterocycles. The van der Waals surface area contributed by atoms with Crippen LogP contribution in [-0.4, -0.2) is 19.7 Å². The largest absolute Gasteiger partial charge is 0.264 e. The van der Waals surface area contributed by atoms with Crippen LogP contribution in [0.5, 0.6) is 0 Å². The first-order chi connectivity index (χ1) is 8.81. The van der Waals surface area contributed by atoms with Crippen LogP contribution in [0.15, 0.2) is 36.8 Å². The Morgan fingerprint density at radius 1 is 1.22 bits per heavy atom. The zero-order valence-corrected chi connectivity index (χ0v) is 10.5. The summed E-state index contributed by atoms with van der Waals surface area (Å²) in [5.41, 5.74) is 4.21. The standard InChI is InChI=1S/C14H14N4/c1-3-18-14(11-5-4-7-16-10(11)2)12-9-15-8-6-13(12)17-18/h4-9H,3H2,1-2H3. The lowest BCUT2D eigenvalue weighted by Gasteiger charge is -2.07. The number of hydrogen-bond acceptors (Lipinski definition) is 3. The lowest BCUT2D eigenvalue weighted by atomic mass is 10.1. The Morgan fingerprint density at radius 2 is 2.11 bits per heavy atom. The number of rotatable bonds is 2. The highest BCUT2D eigenvalue weighted by molar-refractivity contribution is 5.93. The Bertz CT molecular complexity index is 700. The number of nitrogens with zero attached hydrogens (tertiary/aromatic N) is 4. The third kappa shape index (κ3) is 1.57. The minimum atomic E-state index is 0.832. The van der Waals surface area contributed by atoms with Crippen LogP contribution in [0.3, 0.4) is 0 Å². The Labute approximate surface area is 105 Å². The summed E-state index contributed by atoms with van der Waals surface area (Å²) in [5, 5.41) is 5.68. The van der Waals surface area contributed by atoms with E-state index in [0.717, 1.165) is 34.4 Å². The lowest BCUT2D eigenvalue weighted by molar-refractivity contribution is 0.674. The molecule has 0 atom stereocenters. The highest BCUT2D eigenvalue weighted by Crippen LogP contribution is 2.29. The number of fused-ring (bicyclic) bond motifs is 1. The van der Waals surface area contributed by atoms with Gasteiger partial charge in [-0.1, -0.05) is 0 Å². The van der Waals surface area contributed by atoms with Crippen LogP contribution in [0.25, 0.3) is 22.2 Å². The molecule has 0 radical (unpaired) electrons. The summed E-state index contributed by atoms with van der Waals surface area (Å²) in [6.45, 7) is 4.94.